The molecule has 0 spiro atoms. The first kappa shape index (κ1) is 20.9. The number of carboxylic acids is 2. The van der Waals surface area contributed by atoms with Crippen molar-refractivity contribution in [3.05, 3.63) is 22.4 Å². The van der Waals surface area contributed by atoms with Crippen molar-refractivity contribution in [1.82, 2.24) is 5.32 Å². The molecule has 1 aromatic rings. The van der Waals surface area contributed by atoms with Crippen LogP contribution in [0, 0.1) is 0 Å². The molecular formula is C15H19BN2O8S. The summed E-state index contributed by atoms with van der Waals surface area (Å²) in [6.07, 6.45) is 0.692. The first-order valence-electron chi connectivity index (χ1n) is 8.18. The van der Waals surface area contributed by atoms with E-state index in [1.807, 2.05) is 0 Å². The molecule has 2 rings (SSSR count). The van der Waals surface area contributed by atoms with E-state index in [0.717, 1.165) is 0 Å². The predicted molar refractivity (Wildman–Crippen MR) is 95.3 cm³/mol. The third-order valence-corrected chi connectivity index (χ3v) is 4.66. The molecule has 2 atom stereocenters. The molecule has 1 amide bonds. The van der Waals surface area contributed by atoms with Crippen LogP contribution in [0.4, 0.5) is 0 Å². The van der Waals surface area contributed by atoms with Crippen molar-refractivity contribution in [2.75, 3.05) is 6.61 Å². The Morgan fingerprint density at radius 2 is 2.11 bits per heavy atom. The summed E-state index contributed by atoms with van der Waals surface area (Å²) < 4.78 is 5.36. The Balaban J connectivity index is 1.96. The van der Waals surface area contributed by atoms with Crippen LogP contribution in [0.5, 0.6) is 0 Å². The Bertz CT molecular complexity index is 696. The van der Waals surface area contributed by atoms with Gasteiger partial charge in [-0.1, -0.05) is 11.2 Å². The van der Waals surface area contributed by atoms with E-state index in [1.54, 1.807) is 17.5 Å². The lowest BCUT2D eigenvalue weighted by Crippen LogP contribution is -2.54. The molecule has 27 heavy (non-hydrogen) atoms. The minimum absolute atomic E-state index is 0.0650. The van der Waals surface area contributed by atoms with E-state index in [2.05, 4.69) is 15.3 Å². The van der Waals surface area contributed by atoms with Gasteiger partial charge >= 0.3 is 19.1 Å². The molecule has 0 bridgehead atoms. The highest BCUT2D eigenvalue weighted by Gasteiger charge is 2.37. The number of carboxylic acid groups (broad SMARTS) is 2. The second-order valence-electron chi connectivity index (χ2n) is 5.82. The number of rotatable bonds is 9. The van der Waals surface area contributed by atoms with E-state index in [1.165, 1.54) is 11.3 Å². The second kappa shape index (κ2) is 10.0. The third kappa shape index (κ3) is 6.66. The molecule has 1 aliphatic rings. The number of amides is 1. The van der Waals surface area contributed by atoms with Gasteiger partial charge in [0.25, 0.3) is 5.91 Å². The minimum atomic E-state index is -1.29. The molecule has 0 saturated carbocycles. The van der Waals surface area contributed by atoms with Crippen molar-refractivity contribution in [3.63, 3.8) is 0 Å². The molecule has 4 N–H and O–H groups in total. The molecule has 10 nitrogen and oxygen atoms in total. The van der Waals surface area contributed by atoms with Gasteiger partial charge in [-0.25, -0.2) is 4.79 Å². The highest BCUT2D eigenvalue weighted by Crippen LogP contribution is 2.20. The first-order chi connectivity index (χ1) is 12.9. The van der Waals surface area contributed by atoms with Crippen LogP contribution < -0.4 is 5.32 Å². The molecule has 1 aromatic heterocycles. The Labute approximate surface area is 158 Å². The maximum Gasteiger partial charge on any atom is 0.478 e. The Hall–Kier alpha value is -2.44. The number of hydrogen-bond donors (Lipinski definition) is 4. The standard InChI is InChI=1S/C15H19BN2O8S/c19-12(20)6-4-9-3-5-11(16(24)26-9)17-15(23)14(10-2-1-7-27-10)18-25-8-13(21)22/h1-2,7,9,11,24H,3-6,8H2,(H,17,23)(H,19,20)(H,21,22)/b18-14-. The van der Waals surface area contributed by atoms with Crippen LogP contribution >= 0.6 is 11.3 Å². The molecule has 2 unspecified atom stereocenters. The number of nitrogens with one attached hydrogen (secondary N) is 1. The average molecular weight is 398 g/mol. The van der Waals surface area contributed by atoms with Crippen molar-refractivity contribution in [2.24, 2.45) is 5.16 Å². The maximum atomic E-state index is 12.5. The highest BCUT2D eigenvalue weighted by molar-refractivity contribution is 7.13. The van der Waals surface area contributed by atoms with Crippen LogP contribution in [0.1, 0.15) is 30.6 Å². The molecule has 146 valence electrons. The van der Waals surface area contributed by atoms with Gasteiger partial charge < -0.3 is 30.0 Å². The molecule has 2 heterocycles. The third-order valence-electron chi connectivity index (χ3n) is 3.79. The molecule has 1 saturated heterocycles. The van der Waals surface area contributed by atoms with Crippen LogP contribution in [0.15, 0.2) is 22.7 Å². The summed E-state index contributed by atoms with van der Waals surface area (Å²) in [6.45, 7) is -0.692. The largest absolute Gasteiger partial charge is 0.481 e. The van der Waals surface area contributed by atoms with E-state index in [-0.39, 0.29) is 18.6 Å². The monoisotopic (exact) mass is 398 g/mol. The van der Waals surface area contributed by atoms with Crippen molar-refractivity contribution < 1.29 is 39.1 Å². The molecule has 1 aliphatic heterocycles. The fourth-order valence-electron chi connectivity index (χ4n) is 2.51. The van der Waals surface area contributed by atoms with Gasteiger partial charge in [-0.15, -0.1) is 11.3 Å². The molecular weight excluding hydrogens is 379 g/mol. The summed E-state index contributed by atoms with van der Waals surface area (Å²) in [5, 5.41) is 35.3. The zero-order chi connectivity index (χ0) is 19.8. The number of hydrogen-bond acceptors (Lipinski definition) is 8. The van der Waals surface area contributed by atoms with E-state index >= 15 is 0 Å². The lowest BCUT2D eigenvalue weighted by atomic mass is 9.72. The lowest BCUT2D eigenvalue weighted by Gasteiger charge is -2.31. The van der Waals surface area contributed by atoms with E-state index < -0.39 is 43.6 Å². The second-order valence-corrected chi connectivity index (χ2v) is 6.77. The minimum Gasteiger partial charge on any atom is -0.481 e. The number of nitrogens with zero attached hydrogens (tertiary/aromatic N) is 1. The molecule has 0 aromatic carbocycles. The van der Waals surface area contributed by atoms with Crippen molar-refractivity contribution in [1.29, 1.82) is 0 Å². The average Bonchev–Trinajstić information content (AvgIpc) is 3.12. The summed E-state index contributed by atoms with van der Waals surface area (Å²) in [6, 6.07) is 3.33. The van der Waals surface area contributed by atoms with Crippen LogP contribution in [0.2, 0.25) is 0 Å². The number of oxime groups is 1. The molecule has 12 heteroatoms. The van der Waals surface area contributed by atoms with Gasteiger partial charge in [-0.2, -0.15) is 0 Å². The van der Waals surface area contributed by atoms with Crippen LogP contribution in [-0.4, -0.2) is 64.6 Å². The predicted octanol–water partition coefficient (Wildman–Crippen LogP) is 0.102. The van der Waals surface area contributed by atoms with Gasteiger partial charge in [0.05, 0.1) is 10.8 Å². The SMILES string of the molecule is O=C(O)CCC1CCC(NC(=O)/C(=N\OCC(=O)O)c2cccs2)B(O)O1. The van der Waals surface area contributed by atoms with Gasteiger partial charge in [0.1, 0.15) is 0 Å². The Morgan fingerprint density at radius 1 is 1.33 bits per heavy atom. The summed E-state index contributed by atoms with van der Waals surface area (Å²) in [7, 11) is -1.29. The Morgan fingerprint density at radius 3 is 2.70 bits per heavy atom. The fourth-order valence-corrected chi connectivity index (χ4v) is 3.21. The number of carbonyl (C=O) groups is 3. The molecule has 0 radical (unpaired) electrons. The maximum absolute atomic E-state index is 12.5. The smallest absolute Gasteiger partial charge is 0.478 e. The fraction of sp³-hybridized carbons (Fsp3) is 0.467. The summed E-state index contributed by atoms with van der Waals surface area (Å²) >= 11 is 1.22. The van der Waals surface area contributed by atoms with Crippen molar-refractivity contribution >= 4 is 42.0 Å². The van der Waals surface area contributed by atoms with Gasteiger partial charge in [0.2, 0.25) is 6.61 Å². The number of carbonyl (C=O) groups excluding carboxylic acids is 1. The molecule has 1 fully saturated rings. The zero-order valence-corrected chi connectivity index (χ0v) is 15.1. The van der Waals surface area contributed by atoms with Crippen LogP contribution in [0.25, 0.3) is 0 Å². The first-order valence-corrected chi connectivity index (χ1v) is 9.06. The summed E-state index contributed by atoms with van der Waals surface area (Å²) in [4.78, 5) is 38.8. The van der Waals surface area contributed by atoms with Gasteiger partial charge in [-0.05, 0) is 30.7 Å². The van der Waals surface area contributed by atoms with Crippen LogP contribution in [0.3, 0.4) is 0 Å². The Kier molecular flexibility index (Phi) is 7.76. The van der Waals surface area contributed by atoms with Gasteiger partial charge in [-0.3, -0.25) is 9.59 Å². The van der Waals surface area contributed by atoms with E-state index in [9.17, 15) is 19.4 Å². The van der Waals surface area contributed by atoms with Gasteiger partial charge in [0, 0.05) is 12.5 Å². The number of thiophene rings is 1. The molecule has 0 aliphatic carbocycles. The summed E-state index contributed by atoms with van der Waals surface area (Å²) in [5.41, 5.74) is -0.105. The lowest BCUT2D eigenvalue weighted by molar-refractivity contribution is -0.142. The van der Waals surface area contributed by atoms with E-state index in [0.29, 0.717) is 17.7 Å². The zero-order valence-electron chi connectivity index (χ0n) is 14.2. The van der Waals surface area contributed by atoms with Crippen molar-refractivity contribution in [3.8, 4) is 0 Å². The normalized spacial score (nSPS) is 20.2. The van der Waals surface area contributed by atoms with Crippen molar-refractivity contribution in [2.45, 2.75) is 37.7 Å². The van der Waals surface area contributed by atoms with Crippen LogP contribution in [-0.2, 0) is 23.9 Å². The quantitative estimate of drug-likeness (QED) is 0.259. The number of aliphatic carboxylic acids is 2. The van der Waals surface area contributed by atoms with E-state index in [4.69, 9.17) is 14.9 Å². The van der Waals surface area contributed by atoms with Gasteiger partial charge in [0.15, 0.2) is 5.71 Å². The topological polar surface area (TPSA) is 155 Å². The highest BCUT2D eigenvalue weighted by atomic mass is 32.1. The summed E-state index contributed by atoms with van der Waals surface area (Å²) in [5.74, 6) is -3.52.